The van der Waals surface area contributed by atoms with E-state index in [2.05, 4.69) is 21.9 Å². The normalized spacial score (nSPS) is 26.6. The smallest absolute Gasteiger partial charge is 0.225 e. The van der Waals surface area contributed by atoms with Gasteiger partial charge in [0.15, 0.2) is 0 Å². The van der Waals surface area contributed by atoms with Crippen molar-refractivity contribution in [1.29, 1.82) is 0 Å². The lowest BCUT2D eigenvalue weighted by Gasteiger charge is -2.13. The molecular formula is C9H15N5. The van der Waals surface area contributed by atoms with Crippen LogP contribution < -0.4 is 11.5 Å². The quantitative estimate of drug-likeness (QED) is 0.692. The van der Waals surface area contributed by atoms with Crippen molar-refractivity contribution in [1.82, 2.24) is 15.0 Å². The fraction of sp³-hybridized carbons (Fsp3) is 0.667. The Kier molecular flexibility index (Phi) is 2.23. The summed E-state index contributed by atoms with van der Waals surface area (Å²) in [6, 6.07) is 0. The Morgan fingerprint density at radius 1 is 1.07 bits per heavy atom. The molecule has 1 fully saturated rings. The van der Waals surface area contributed by atoms with Gasteiger partial charge in [-0.2, -0.15) is 15.0 Å². The zero-order chi connectivity index (χ0) is 10.1. The summed E-state index contributed by atoms with van der Waals surface area (Å²) in [5.74, 6) is 2.25. The number of nitrogens with two attached hydrogens (primary N) is 2. The molecule has 2 atom stereocenters. The van der Waals surface area contributed by atoms with E-state index in [9.17, 15) is 0 Å². The third-order valence-electron chi connectivity index (χ3n) is 2.88. The van der Waals surface area contributed by atoms with Gasteiger partial charge in [-0.05, 0) is 18.8 Å². The first-order valence-electron chi connectivity index (χ1n) is 4.93. The fourth-order valence-corrected chi connectivity index (χ4v) is 2.12. The van der Waals surface area contributed by atoms with Crippen LogP contribution in [-0.4, -0.2) is 15.0 Å². The molecule has 0 radical (unpaired) electrons. The van der Waals surface area contributed by atoms with Gasteiger partial charge >= 0.3 is 0 Å². The first-order valence-corrected chi connectivity index (χ1v) is 4.93. The van der Waals surface area contributed by atoms with E-state index in [4.69, 9.17) is 11.5 Å². The van der Waals surface area contributed by atoms with Gasteiger partial charge in [-0.1, -0.05) is 13.3 Å². The lowest BCUT2D eigenvalue weighted by Crippen LogP contribution is -2.12. The monoisotopic (exact) mass is 193 g/mol. The second-order valence-corrected chi connectivity index (χ2v) is 3.92. The van der Waals surface area contributed by atoms with E-state index in [0.717, 1.165) is 12.2 Å². The second kappa shape index (κ2) is 3.40. The standard InChI is InChI=1S/C9H15N5/c1-5-3-2-4-6(5)7-12-8(10)14-9(11)13-7/h5-6H,2-4H2,1H3,(H4,10,11,12,13,14). The molecule has 76 valence electrons. The van der Waals surface area contributed by atoms with Gasteiger partial charge < -0.3 is 11.5 Å². The van der Waals surface area contributed by atoms with Gasteiger partial charge in [0.2, 0.25) is 11.9 Å². The average molecular weight is 193 g/mol. The number of aromatic nitrogens is 3. The maximum Gasteiger partial charge on any atom is 0.225 e. The first-order chi connectivity index (χ1) is 6.66. The average Bonchev–Trinajstić information content (AvgIpc) is 2.49. The summed E-state index contributed by atoms with van der Waals surface area (Å²) in [6.07, 6.45) is 3.59. The molecule has 14 heavy (non-hydrogen) atoms. The lowest BCUT2D eigenvalue weighted by molar-refractivity contribution is 0.509. The van der Waals surface area contributed by atoms with Crippen molar-refractivity contribution in [2.45, 2.75) is 32.1 Å². The number of nitrogens with zero attached hydrogens (tertiary/aromatic N) is 3. The van der Waals surface area contributed by atoms with Crippen LogP contribution in [0.2, 0.25) is 0 Å². The number of nitrogen functional groups attached to an aromatic ring is 2. The maximum atomic E-state index is 5.53. The SMILES string of the molecule is CC1CCCC1c1nc(N)nc(N)n1. The van der Waals surface area contributed by atoms with Gasteiger partial charge in [0, 0.05) is 5.92 Å². The van der Waals surface area contributed by atoms with Crippen molar-refractivity contribution in [3.63, 3.8) is 0 Å². The lowest BCUT2D eigenvalue weighted by atomic mass is 9.97. The van der Waals surface area contributed by atoms with E-state index in [-0.39, 0.29) is 11.9 Å². The van der Waals surface area contributed by atoms with Crippen LogP contribution in [0, 0.1) is 5.92 Å². The molecule has 1 aliphatic rings. The van der Waals surface area contributed by atoms with Crippen LogP contribution in [0.1, 0.15) is 37.9 Å². The van der Waals surface area contributed by atoms with Crippen molar-refractivity contribution in [2.75, 3.05) is 11.5 Å². The number of anilines is 2. The number of rotatable bonds is 1. The van der Waals surface area contributed by atoms with Crippen molar-refractivity contribution in [3.05, 3.63) is 5.82 Å². The molecule has 5 nitrogen and oxygen atoms in total. The van der Waals surface area contributed by atoms with Crippen LogP contribution in [0.15, 0.2) is 0 Å². The van der Waals surface area contributed by atoms with E-state index in [1.165, 1.54) is 12.8 Å². The molecule has 1 aromatic rings. The molecule has 0 amide bonds. The van der Waals surface area contributed by atoms with Gasteiger partial charge in [-0.25, -0.2) is 0 Å². The Morgan fingerprint density at radius 2 is 1.71 bits per heavy atom. The zero-order valence-electron chi connectivity index (χ0n) is 8.27. The third-order valence-corrected chi connectivity index (χ3v) is 2.88. The largest absolute Gasteiger partial charge is 0.368 e. The summed E-state index contributed by atoms with van der Waals surface area (Å²) in [4.78, 5) is 12.0. The second-order valence-electron chi connectivity index (χ2n) is 3.92. The summed E-state index contributed by atoms with van der Waals surface area (Å²) in [6.45, 7) is 2.22. The summed E-state index contributed by atoms with van der Waals surface area (Å²) in [7, 11) is 0. The van der Waals surface area contributed by atoms with E-state index in [1.807, 2.05) is 0 Å². The highest BCUT2D eigenvalue weighted by atomic mass is 15.1. The number of hydrogen-bond acceptors (Lipinski definition) is 5. The van der Waals surface area contributed by atoms with Crippen LogP contribution in [0.5, 0.6) is 0 Å². The Balaban J connectivity index is 2.31. The number of hydrogen-bond donors (Lipinski definition) is 2. The molecule has 1 saturated carbocycles. The van der Waals surface area contributed by atoms with Crippen molar-refractivity contribution >= 4 is 11.9 Å². The van der Waals surface area contributed by atoms with Crippen LogP contribution in [0.3, 0.4) is 0 Å². The van der Waals surface area contributed by atoms with Gasteiger partial charge in [0.1, 0.15) is 5.82 Å². The van der Waals surface area contributed by atoms with Crippen molar-refractivity contribution in [2.24, 2.45) is 5.92 Å². The molecule has 0 aliphatic heterocycles. The van der Waals surface area contributed by atoms with E-state index in [1.54, 1.807) is 0 Å². The van der Waals surface area contributed by atoms with E-state index >= 15 is 0 Å². The zero-order valence-corrected chi connectivity index (χ0v) is 8.27. The van der Waals surface area contributed by atoms with Crippen LogP contribution in [0.25, 0.3) is 0 Å². The molecule has 5 heteroatoms. The van der Waals surface area contributed by atoms with Gasteiger partial charge in [0.25, 0.3) is 0 Å². The minimum atomic E-state index is 0.228. The summed E-state index contributed by atoms with van der Waals surface area (Å²) in [5.41, 5.74) is 11.1. The van der Waals surface area contributed by atoms with Gasteiger partial charge in [-0.15, -0.1) is 0 Å². The Morgan fingerprint density at radius 3 is 2.21 bits per heavy atom. The predicted molar refractivity (Wildman–Crippen MR) is 54.4 cm³/mol. The molecule has 2 unspecified atom stereocenters. The molecule has 0 spiro atoms. The molecule has 2 rings (SSSR count). The summed E-state index contributed by atoms with van der Waals surface area (Å²) in [5, 5.41) is 0. The molecule has 1 aliphatic carbocycles. The first kappa shape index (κ1) is 9.18. The van der Waals surface area contributed by atoms with Crippen LogP contribution >= 0.6 is 0 Å². The van der Waals surface area contributed by atoms with Crippen molar-refractivity contribution < 1.29 is 0 Å². The van der Waals surface area contributed by atoms with E-state index in [0.29, 0.717) is 11.8 Å². The molecule has 1 heterocycles. The summed E-state index contributed by atoms with van der Waals surface area (Å²) >= 11 is 0. The van der Waals surface area contributed by atoms with Gasteiger partial charge in [-0.3, -0.25) is 0 Å². The molecular weight excluding hydrogens is 178 g/mol. The molecule has 1 aromatic heterocycles. The molecule has 4 N–H and O–H groups in total. The topological polar surface area (TPSA) is 90.7 Å². The van der Waals surface area contributed by atoms with E-state index < -0.39 is 0 Å². The molecule has 0 saturated heterocycles. The van der Waals surface area contributed by atoms with Crippen molar-refractivity contribution in [3.8, 4) is 0 Å². The highest BCUT2D eigenvalue weighted by molar-refractivity contribution is 5.27. The maximum absolute atomic E-state index is 5.53. The fourth-order valence-electron chi connectivity index (χ4n) is 2.12. The Hall–Kier alpha value is -1.39. The Bertz CT molecular complexity index is 318. The highest BCUT2D eigenvalue weighted by Gasteiger charge is 2.27. The van der Waals surface area contributed by atoms with Crippen LogP contribution in [-0.2, 0) is 0 Å². The minimum absolute atomic E-state index is 0.228. The third kappa shape index (κ3) is 1.62. The minimum Gasteiger partial charge on any atom is -0.368 e. The predicted octanol–water partition coefficient (Wildman–Crippen LogP) is 0.940. The summed E-state index contributed by atoms with van der Waals surface area (Å²) < 4.78 is 0. The molecule has 0 aromatic carbocycles. The van der Waals surface area contributed by atoms with Crippen LogP contribution in [0.4, 0.5) is 11.9 Å². The van der Waals surface area contributed by atoms with Gasteiger partial charge in [0.05, 0.1) is 0 Å². The Labute approximate surface area is 83.0 Å². The highest BCUT2D eigenvalue weighted by Crippen LogP contribution is 2.37. The molecule has 0 bridgehead atoms.